The summed E-state index contributed by atoms with van der Waals surface area (Å²) >= 11 is 0. The van der Waals surface area contributed by atoms with Crippen molar-refractivity contribution in [3.05, 3.63) is 24.3 Å². The van der Waals surface area contributed by atoms with Crippen LogP contribution < -0.4 is 5.32 Å². The quantitative estimate of drug-likeness (QED) is 0.835. The Morgan fingerprint density at radius 3 is 2.39 bits per heavy atom. The molecule has 2 N–H and O–H groups in total. The number of rotatable bonds is 4. The van der Waals surface area contributed by atoms with Crippen molar-refractivity contribution in [2.75, 3.05) is 24.7 Å². The molecule has 0 bridgehead atoms. The molecule has 0 aliphatic carbocycles. The average molecular weight is 267 g/mol. The maximum Gasteiger partial charge on any atom is 0.198 e. The number of hydrogen-bond donors (Lipinski definition) is 2. The normalized spacial score (nSPS) is 11.7. The van der Waals surface area contributed by atoms with E-state index in [4.69, 9.17) is 5.11 Å². The smallest absolute Gasteiger partial charge is 0.198 e. The van der Waals surface area contributed by atoms with Gasteiger partial charge >= 0.3 is 0 Å². The van der Waals surface area contributed by atoms with Crippen molar-refractivity contribution in [3.8, 4) is 0 Å². The molecule has 0 radical (unpaired) electrons. The number of benzene rings is 1. The van der Waals surface area contributed by atoms with E-state index in [1.54, 1.807) is 24.3 Å². The number of hydrogen-bond acceptors (Lipinski definition) is 6. The zero-order valence-corrected chi connectivity index (χ0v) is 10.6. The predicted octanol–water partition coefficient (Wildman–Crippen LogP) is 0.437. The van der Waals surface area contributed by atoms with Crippen molar-refractivity contribution in [2.24, 2.45) is 0 Å². The van der Waals surface area contributed by atoms with Crippen molar-refractivity contribution < 1.29 is 13.5 Å². The molecule has 0 saturated heterocycles. The Kier molecular flexibility index (Phi) is 3.44. The first kappa shape index (κ1) is 12.7. The van der Waals surface area contributed by atoms with E-state index < -0.39 is 9.84 Å². The highest BCUT2D eigenvalue weighted by atomic mass is 32.2. The molecule has 0 saturated carbocycles. The van der Waals surface area contributed by atoms with Crippen LogP contribution in [0.3, 0.4) is 0 Å². The number of aliphatic hydroxyl groups is 1. The Bertz CT molecular complexity index is 670. The Balaban J connectivity index is 2.64. The summed E-state index contributed by atoms with van der Waals surface area (Å²) in [5, 5.41) is 11.4. The van der Waals surface area contributed by atoms with Gasteiger partial charge in [-0.15, -0.1) is 0 Å². The Morgan fingerprint density at radius 1 is 1.22 bits per heavy atom. The van der Waals surface area contributed by atoms with Gasteiger partial charge in [0.2, 0.25) is 0 Å². The van der Waals surface area contributed by atoms with E-state index in [0.717, 1.165) is 6.26 Å². The Labute approximate surface area is 105 Å². The molecule has 0 atom stereocenters. The van der Waals surface area contributed by atoms with Crippen LogP contribution >= 0.6 is 0 Å². The summed E-state index contributed by atoms with van der Waals surface area (Å²) < 4.78 is 23.3. The van der Waals surface area contributed by atoms with Gasteiger partial charge in [0, 0.05) is 12.8 Å². The van der Waals surface area contributed by atoms with E-state index in [1.807, 2.05) is 0 Å². The molecule has 0 spiro atoms. The van der Waals surface area contributed by atoms with Gasteiger partial charge in [-0.2, -0.15) is 0 Å². The first-order chi connectivity index (χ1) is 8.52. The number of nitrogens with one attached hydrogen (secondary N) is 1. The minimum absolute atomic E-state index is 0.102. The van der Waals surface area contributed by atoms with E-state index >= 15 is 0 Å². The summed E-state index contributed by atoms with van der Waals surface area (Å²) in [4.78, 5) is 8.32. The maximum atomic E-state index is 11.7. The van der Waals surface area contributed by atoms with E-state index in [0.29, 0.717) is 11.0 Å². The number of para-hydroxylation sites is 2. The first-order valence-corrected chi connectivity index (χ1v) is 7.23. The lowest BCUT2D eigenvalue weighted by Gasteiger charge is -2.09. The molecule has 1 aromatic carbocycles. The Morgan fingerprint density at radius 2 is 1.83 bits per heavy atom. The molecule has 2 aromatic rings. The third-order valence-corrected chi connectivity index (χ3v) is 3.28. The predicted molar refractivity (Wildman–Crippen MR) is 68.2 cm³/mol. The number of aromatic nitrogens is 2. The fraction of sp³-hybridized carbons (Fsp3) is 0.273. The average Bonchev–Trinajstić information content (AvgIpc) is 2.34. The molecule has 0 fully saturated rings. The third-order valence-electron chi connectivity index (χ3n) is 2.29. The van der Waals surface area contributed by atoms with Crippen LogP contribution in [0.1, 0.15) is 0 Å². The largest absolute Gasteiger partial charge is 0.395 e. The SMILES string of the molecule is CS(=O)(=O)c1nc2ccccc2nc1NCCO. The topological polar surface area (TPSA) is 92.2 Å². The standard InChI is InChI=1S/C11H13N3O3S/c1-18(16,17)11-10(12-6-7-15)13-8-4-2-3-5-9(8)14-11/h2-5,15H,6-7H2,1H3,(H,12,13). The minimum atomic E-state index is -3.47. The molecule has 1 aromatic heterocycles. The van der Waals surface area contributed by atoms with E-state index in [2.05, 4.69) is 15.3 Å². The minimum Gasteiger partial charge on any atom is -0.395 e. The maximum absolute atomic E-state index is 11.7. The van der Waals surface area contributed by atoms with Crippen LogP contribution in [0.15, 0.2) is 29.3 Å². The lowest BCUT2D eigenvalue weighted by atomic mass is 10.3. The molecule has 2 rings (SSSR count). The first-order valence-electron chi connectivity index (χ1n) is 5.34. The van der Waals surface area contributed by atoms with Crippen LogP contribution in [0.5, 0.6) is 0 Å². The number of nitrogens with zero attached hydrogens (tertiary/aromatic N) is 2. The van der Waals surface area contributed by atoms with Gasteiger partial charge < -0.3 is 10.4 Å². The van der Waals surface area contributed by atoms with Gasteiger partial charge in [0.1, 0.15) is 0 Å². The molecule has 6 nitrogen and oxygen atoms in total. The summed E-state index contributed by atoms with van der Waals surface area (Å²) in [6.07, 6.45) is 1.08. The van der Waals surface area contributed by atoms with Crippen molar-refractivity contribution >= 4 is 26.7 Å². The van der Waals surface area contributed by atoms with Crippen LogP contribution in [0.2, 0.25) is 0 Å². The zero-order chi connectivity index (χ0) is 13.2. The van der Waals surface area contributed by atoms with Gasteiger partial charge in [-0.3, -0.25) is 0 Å². The molecule has 18 heavy (non-hydrogen) atoms. The summed E-state index contributed by atoms with van der Waals surface area (Å²) in [5.41, 5.74) is 1.12. The van der Waals surface area contributed by atoms with Crippen LogP contribution in [0.25, 0.3) is 11.0 Å². The van der Waals surface area contributed by atoms with E-state index in [9.17, 15) is 8.42 Å². The number of aliphatic hydroxyl groups excluding tert-OH is 1. The van der Waals surface area contributed by atoms with Crippen molar-refractivity contribution in [3.63, 3.8) is 0 Å². The summed E-state index contributed by atoms with van der Waals surface area (Å²) in [7, 11) is -3.47. The van der Waals surface area contributed by atoms with Gasteiger partial charge in [0.05, 0.1) is 17.6 Å². The highest BCUT2D eigenvalue weighted by Gasteiger charge is 2.17. The van der Waals surface area contributed by atoms with E-state index in [-0.39, 0.29) is 24.0 Å². The van der Waals surface area contributed by atoms with Crippen LogP contribution in [-0.2, 0) is 9.84 Å². The van der Waals surface area contributed by atoms with Gasteiger partial charge in [-0.1, -0.05) is 12.1 Å². The molecular weight excluding hydrogens is 254 g/mol. The molecular formula is C11H13N3O3S. The molecule has 7 heteroatoms. The molecule has 0 aliphatic rings. The fourth-order valence-corrected chi connectivity index (χ4v) is 2.27. The summed E-state index contributed by atoms with van der Waals surface area (Å²) in [6.45, 7) is 0.104. The lowest BCUT2D eigenvalue weighted by Crippen LogP contribution is -2.13. The van der Waals surface area contributed by atoms with Gasteiger partial charge in [0.15, 0.2) is 20.7 Å². The number of sulfone groups is 1. The van der Waals surface area contributed by atoms with Crippen LogP contribution in [0, 0.1) is 0 Å². The second-order valence-corrected chi connectivity index (χ2v) is 5.72. The summed E-state index contributed by atoms with van der Waals surface area (Å²) in [6, 6.07) is 7.02. The molecule has 96 valence electrons. The fourth-order valence-electron chi connectivity index (χ4n) is 1.53. The van der Waals surface area contributed by atoms with Crippen LogP contribution in [0.4, 0.5) is 5.82 Å². The molecule has 0 amide bonds. The second kappa shape index (κ2) is 4.87. The monoisotopic (exact) mass is 267 g/mol. The van der Waals surface area contributed by atoms with Crippen molar-refractivity contribution in [1.82, 2.24) is 9.97 Å². The van der Waals surface area contributed by atoms with Crippen LogP contribution in [-0.4, -0.2) is 42.9 Å². The highest BCUT2D eigenvalue weighted by molar-refractivity contribution is 7.90. The molecule has 1 heterocycles. The number of fused-ring (bicyclic) bond motifs is 1. The van der Waals surface area contributed by atoms with Gasteiger partial charge in [-0.25, -0.2) is 18.4 Å². The lowest BCUT2D eigenvalue weighted by molar-refractivity contribution is 0.311. The molecule has 0 unspecified atom stereocenters. The summed E-state index contributed by atoms with van der Waals surface area (Å²) in [5.74, 6) is 0.172. The zero-order valence-electron chi connectivity index (χ0n) is 9.79. The van der Waals surface area contributed by atoms with Crippen molar-refractivity contribution in [2.45, 2.75) is 5.03 Å². The van der Waals surface area contributed by atoms with Gasteiger partial charge in [0.25, 0.3) is 0 Å². The molecule has 0 aliphatic heterocycles. The second-order valence-electron chi connectivity index (χ2n) is 3.79. The van der Waals surface area contributed by atoms with E-state index in [1.165, 1.54) is 0 Å². The third kappa shape index (κ3) is 2.57. The highest BCUT2D eigenvalue weighted by Crippen LogP contribution is 2.20. The van der Waals surface area contributed by atoms with Crippen molar-refractivity contribution in [1.29, 1.82) is 0 Å². The van der Waals surface area contributed by atoms with Gasteiger partial charge in [-0.05, 0) is 12.1 Å². The number of anilines is 1. The Hall–Kier alpha value is -1.73.